The van der Waals surface area contributed by atoms with E-state index in [2.05, 4.69) is 15.2 Å². The molecule has 2 fully saturated rings. The van der Waals surface area contributed by atoms with Crippen molar-refractivity contribution in [3.8, 4) is 0 Å². The molecule has 0 spiro atoms. The average molecular weight is 456 g/mol. The molecule has 0 atom stereocenters. The van der Waals surface area contributed by atoms with Crippen LogP contribution in [0.2, 0.25) is 0 Å². The van der Waals surface area contributed by atoms with Crippen LogP contribution in [0.1, 0.15) is 38.3 Å². The minimum absolute atomic E-state index is 0.195. The van der Waals surface area contributed by atoms with Crippen LogP contribution in [0.25, 0.3) is 0 Å². The molecule has 2 aliphatic heterocycles. The number of hydrogen-bond donors (Lipinski definition) is 1. The third kappa shape index (κ3) is 7.51. The summed E-state index contributed by atoms with van der Waals surface area (Å²) >= 11 is 0. The van der Waals surface area contributed by atoms with Crippen LogP contribution in [-0.2, 0) is 27.9 Å². The summed E-state index contributed by atoms with van der Waals surface area (Å²) in [4.78, 5) is 11.3. The summed E-state index contributed by atoms with van der Waals surface area (Å²) in [5.74, 6) is -2.08. The van der Waals surface area contributed by atoms with Gasteiger partial charge in [-0.15, -0.1) is 5.10 Å². The second kappa shape index (κ2) is 10.5. The maximum absolute atomic E-state index is 11.9. The molecule has 172 valence electrons. The molecule has 1 aromatic rings. The molecule has 0 unspecified atom stereocenters. The Morgan fingerprint density at radius 1 is 1.20 bits per heavy atom. The van der Waals surface area contributed by atoms with E-state index in [1.165, 1.54) is 12.8 Å². The second-order valence-corrected chi connectivity index (χ2v) is 9.72. The molecule has 13 heteroatoms. The van der Waals surface area contributed by atoms with E-state index in [1.54, 1.807) is 11.2 Å². The molecule has 0 saturated carbocycles. The quantitative estimate of drug-likeness (QED) is 0.694. The molecule has 0 radical (unpaired) electrons. The largest absolute Gasteiger partial charge is 0.490 e. The number of likely N-dealkylation sites (tertiary alicyclic amines) is 1. The normalized spacial score (nSPS) is 19.5. The Balaban J connectivity index is 0.000000396. The maximum Gasteiger partial charge on any atom is 0.490 e. The first-order chi connectivity index (χ1) is 14.0. The van der Waals surface area contributed by atoms with E-state index in [4.69, 9.17) is 9.90 Å². The van der Waals surface area contributed by atoms with Gasteiger partial charge in [-0.1, -0.05) is 5.21 Å². The van der Waals surface area contributed by atoms with Gasteiger partial charge in [0.05, 0.1) is 11.4 Å². The molecule has 0 aromatic carbocycles. The number of rotatable bonds is 6. The number of aromatic nitrogens is 3. The topological polar surface area (TPSA) is 109 Å². The van der Waals surface area contributed by atoms with Crippen LogP contribution in [-0.4, -0.2) is 81.8 Å². The monoisotopic (exact) mass is 455 g/mol. The summed E-state index contributed by atoms with van der Waals surface area (Å²) in [6.07, 6.45) is 1.34. The van der Waals surface area contributed by atoms with Crippen molar-refractivity contribution in [1.29, 1.82) is 0 Å². The van der Waals surface area contributed by atoms with Gasteiger partial charge >= 0.3 is 12.1 Å². The Labute approximate surface area is 173 Å². The molecule has 1 aromatic heterocycles. The second-order valence-electron chi connectivity index (χ2n) is 7.46. The fraction of sp³-hybridized carbons (Fsp3) is 0.824. The van der Waals surface area contributed by atoms with Crippen LogP contribution in [0.3, 0.4) is 0 Å². The zero-order valence-electron chi connectivity index (χ0n) is 16.9. The van der Waals surface area contributed by atoms with Gasteiger partial charge < -0.3 is 5.11 Å². The van der Waals surface area contributed by atoms with Gasteiger partial charge in [0.15, 0.2) is 0 Å². The Morgan fingerprint density at radius 3 is 2.27 bits per heavy atom. The van der Waals surface area contributed by atoms with Gasteiger partial charge in [-0.3, -0.25) is 9.58 Å². The number of nitrogens with zero attached hydrogens (tertiary/aromatic N) is 5. The van der Waals surface area contributed by atoms with Crippen molar-refractivity contribution in [2.24, 2.45) is 5.92 Å². The molecule has 3 rings (SSSR count). The zero-order chi connectivity index (χ0) is 22.4. The molecule has 2 saturated heterocycles. The third-order valence-corrected chi connectivity index (χ3v) is 7.07. The molecule has 0 aliphatic carbocycles. The summed E-state index contributed by atoms with van der Waals surface area (Å²) in [5, 5.41) is 15.6. The molecule has 30 heavy (non-hydrogen) atoms. The lowest BCUT2D eigenvalue weighted by Gasteiger charge is -2.30. The zero-order valence-corrected chi connectivity index (χ0v) is 17.7. The van der Waals surface area contributed by atoms with Crippen molar-refractivity contribution in [2.45, 2.75) is 51.9 Å². The van der Waals surface area contributed by atoms with Gasteiger partial charge in [-0.05, 0) is 51.6 Å². The molecular weight excluding hydrogens is 427 g/mol. The van der Waals surface area contributed by atoms with Crippen LogP contribution < -0.4 is 0 Å². The van der Waals surface area contributed by atoms with E-state index >= 15 is 0 Å². The van der Waals surface area contributed by atoms with Gasteiger partial charge in [0, 0.05) is 32.4 Å². The fourth-order valence-corrected chi connectivity index (χ4v) is 4.62. The van der Waals surface area contributed by atoms with E-state index in [0.717, 1.165) is 44.7 Å². The summed E-state index contributed by atoms with van der Waals surface area (Å²) in [6, 6.07) is 0. The van der Waals surface area contributed by atoms with Gasteiger partial charge in [-0.25, -0.2) is 17.5 Å². The van der Waals surface area contributed by atoms with E-state index in [1.807, 2.05) is 10.9 Å². The number of alkyl halides is 3. The highest BCUT2D eigenvalue weighted by Gasteiger charge is 2.38. The first-order valence-electron chi connectivity index (χ1n) is 9.90. The Hall–Kier alpha value is -1.73. The molecular formula is C17H28F3N5O4S. The fourth-order valence-electron chi connectivity index (χ4n) is 3.49. The van der Waals surface area contributed by atoms with Gasteiger partial charge in [0.2, 0.25) is 10.0 Å². The van der Waals surface area contributed by atoms with Gasteiger partial charge in [-0.2, -0.15) is 13.2 Å². The Morgan fingerprint density at radius 2 is 1.77 bits per heavy atom. The SMILES string of the molecule is CCS(=O)(=O)N1CCC(Cn2cc(CN3CCCC3)nn2)CC1.O=C(O)C(F)(F)F. The van der Waals surface area contributed by atoms with Crippen LogP contribution in [0.5, 0.6) is 0 Å². The standard InChI is InChI=1S/C15H27N5O2S.C2HF3O2/c1-2-23(21,22)20-9-5-14(6-10-20)11-19-13-15(16-17-19)12-18-7-3-4-8-18;3-2(4,5)1(6)7/h13-14H,2-12H2,1H3;(H,6,7). The van der Waals surface area contributed by atoms with E-state index < -0.39 is 22.2 Å². The maximum atomic E-state index is 11.9. The third-order valence-electron chi connectivity index (χ3n) is 5.19. The predicted molar refractivity (Wildman–Crippen MR) is 102 cm³/mol. The van der Waals surface area contributed by atoms with E-state index in [9.17, 15) is 21.6 Å². The van der Waals surface area contributed by atoms with Crippen molar-refractivity contribution in [1.82, 2.24) is 24.2 Å². The number of aliphatic carboxylic acids is 1. The Bertz CT molecular complexity index is 786. The molecule has 3 heterocycles. The number of carbonyl (C=O) groups is 1. The number of sulfonamides is 1. The summed E-state index contributed by atoms with van der Waals surface area (Å²) in [5.41, 5.74) is 1.04. The number of carboxylic acids is 1. The highest BCUT2D eigenvalue weighted by molar-refractivity contribution is 7.89. The van der Waals surface area contributed by atoms with Gasteiger partial charge in [0.1, 0.15) is 0 Å². The predicted octanol–water partition coefficient (Wildman–Crippen LogP) is 1.57. The van der Waals surface area contributed by atoms with Crippen molar-refractivity contribution in [3.05, 3.63) is 11.9 Å². The van der Waals surface area contributed by atoms with Crippen molar-refractivity contribution >= 4 is 16.0 Å². The van der Waals surface area contributed by atoms with Crippen molar-refractivity contribution in [2.75, 3.05) is 31.9 Å². The number of halogens is 3. The summed E-state index contributed by atoms with van der Waals surface area (Å²) in [7, 11) is -3.03. The minimum atomic E-state index is -5.08. The first-order valence-corrected chi connectivity index (χ1v) is 11.5. The number of piperidine rings is 1. The van der Waals surface area contributed by atoms with Crippen LogP contribution in [0.15, 0.2) is 6.20 Å². The Kier molecular flexibility index (Phi) is 8.62. The van der Waals surface area contributed by atoms with Gasteiger partial charge in [0.25, 0.3) is 0 Å². The molecule has 2 aliphatic rings. The molecule has 0 amide bonds. The van der Waals surface area contributed by atoms with Crippen molar-refractivity contribution in [3.63, 3.8) is 0 Å². The van der Waals surface area contributed by atoms with Crippen molar-refractivity contribution < 1.29 is 31.5 Å². The van der Waals surface area contributed by atoms with Crippen LogP contribution >= 0.6 is 0 Å². The minimum Gasteiger partial charge on any atom is -0.475 e. The smallest absolute Gasteiger partial charge is 0.475 e. The van der Waals surface area contributed by atoms with E-state index in [0.29, 0.717) is 19.0 Å². The number of carboxylic acid groups (broad SMARTS) is 1. The van der Waals surface area contributed by atoms with Crippen LogP contribution in [0.4, 0.5) is 13.2 Å². The average Bonchev–Trinajstić information content (AvgIpc) is 3.34. The van der Waals surface area contributed by atoms with E-state index in [-0.39, 0.29) is 5.75 Å². The van der Waals surface area contributed by atoms with Crippen LogP contribution in [0, 0.1) is 5.92 Å². The lowest BCUT2D eigenvalue weighted by atomic mass is 9.98. The summed E-state index contributed by atoms with van der Waals surface area (Å²) in [6.45, 7) is 7.04. The first kappa shape index (κ1) is 24.5. The molecule has 1 N–H and O–H groups in total. The molecule has 0 bridgehead atoms. The molecule has 9 nitrogen and oxygen atoms in total. The highest BCUT2D eigenvalue weighted by Crippen LogP contribution is 2.21. The number of hydrogen-bond acceptors (Lipinski definition) is 6. The summed E-state index contributed by atoms with van der Waals surface area (Å²) < 4.78 is 59.1. The lowest BCUT2D eigenvalue weighted by molar-refractivity contribution is -0.192. The highest BCUT2D eigenvalue weighted by atomic mass is 32.2. The lowest BCUT2D eigenvalue weighted by Crippen LogP contribution is -2.40.